The summed E-state index contributed by atoms with van der Waals surface area (Å²) in [5, 5.41) is 0. The van der Waals surface area contributed by atoms with Crippen molar-refractivity contribution in [3.05, 3.63) is 0 Å². The van der Waals surface area contributed by atoms with E-state index in [1.807, 2.05) is 55.4 Å². The van der Waals surface area contributed by atoms with Crippen LogP contribution in [0.5, 0.6) is 0 Å². The number of rotatable bonds is 4. The number of hydrogen-bond donors (Lipinski definition) is 0. The van der Waals surface area contributed by atoms with Crippen LogP contribution in [0.4, 0.5) is 0 Å². The fraction of sp³-hybridized carbons (Fsp3) is 1.00. The second kappa shape index (κ2) is 27.4. The Morgan fingerprint density at radius 2 is 0.450 bits per heavy atom. The normalized spacial score (nSPS) is 9.20. The van der Waals surface area contributed by atoms with Gasteiger partial charge in [-0.1, -0.05) is 0 Å². The average Bonchev–Trinajstić information content (AvgIpc) is 2.40. The third kappa shape index (κ3) is 68.3. The first-order valence-electron chi connectivity index (χ1n) is 6.50. The van der Waals surface area contributed by atoms with E-state index in [0.717, 1.165) is 0 Å². The molecule has 0 aliphatic rings. The van der Waals surface area contributed by atoms with Gasteiger partial charge in [0.15, 0.2) is 0 Å². The van der Waals surface area contributed by atoms with Crippen molar-refractivity contribution in [2.75, 3.05) is 0 Å². The first-order chi connectivity index (χ1) is 9.08. The summed E-state index contributed by atoms with van der Waals surface area (Å²) in [7, 11) is 0. The monoisotopic (exact) mass is 1060 g/mol. The molecule has 0 atom stereocenters. The summed E-state index contributed by atoms with van der Waals surface area (Å²) < 4.78 is 19.7. The quantitative estimate of drug-likeness (QED) is 0.405. The molecule has 0 aromatic carbocycles. The first kappa shape index (κ1) is 31.3. The van der Waals surface area contributed by atoms with E-state index < -0.39 is 0 Å². The van der Waals surface area contributed by atoms with Crippen LogP contribution in [0.15, 0.2) is 0 Å². The van der Waals surface area contributed by atoms with Gasteiger partial charge >= 0.3 is 195 Å². The van der Waals surface area contributed by atoms with Gasteiger partial charge in [-0.25, -0.2) is 0 Å². The predicted molar refractivity (Wildman–Crippen MR) is 87.9 cm³/mol. The summed E-state index contributed by atoms with van der Waals surface area (Å²) in [6, 6.07) is 0. The van der Waals surface area contributed by atoms with Crippen molar-refractivity contribution >= 4 is 105 Å². The molecule has 0 heterocycles. The maximum absolute atomic E-state index is 4.92. The van der Waals surface area contributed by atoms with Crippen LogP contribution in [-0.2, 0) is 10.7 Å². The zero-order chi connectivity index (χ0) is 17.1. The Morgan fingerprint density at radius 1 is 0.400 bits per heavy atom. The molecule has 112 valence electrons. The van der Waals surface area contributed by atoms with E-state index in [2.05, 4.69) is 0 Å². The molecule has 0 aromatic rings. The Hall–Kier alpha value is 3.53. The second-order valence-electron chi connectivity index (χ2n) is 4.74. The molecule has 0 saturated carbocycles. The minimum absolute atomic E-state index is 0.458. The van der Waals surface area contributed by atoms with Crippen molar-refractivity contribution in [2.45, 2.75) is 79.8 Å². The molecular formula is C12H28O4Tl4. The third-order valence-corrected chi connectivity index (χ3v) is 9.55. The average molecular weight is 1050 g/mol. The van der Waals surface area contributed by atoms with E-state index in [1.54, 1.807) is 0 Å². The van der Waals surface area contributed by atoms with Gasteiger partial charge in [0, 0.05) is 0 Å². The molecule has 0 unspecified atom stereocenters. The Morgan fingerprint density at radius 3 is 0.450 bits per heavy atom. The molecule has 0 aliphatic carbocycles. The molecule has 20 heavy (non-hydrogen) atoms. The molecule has 0 N–H and O–H groups in total. The van der Waals surface area contributed by atoms with Crippen molar-refractivity contribution in [3.8, 4) is 0 Å². The predicted octanol–water partition coefficient (Wildman–Crippen LogP) is 1.98. The van der Waals surface area contributed by atoms with Crippen LogP contribution in [-0.4, -0.2) is 129 Å². The van der Waals surface area contributed by atoms with Gasteiger partial charge in [-0.3, -0.25) is 0 Å². The molecule has 0 saturated heterocycles. The van der Waals surface area contributed by atoms with Gasteiger partial charge in [-0.05, 0) is 0 Å². The van der Waals surface area contributed by atoms with Crippen molar-refractivity contribution in [2.24, 2.45) is 0 Å². The number of hydrogen-bond acceptors (Lipinski definition) is 4. The Labute approximate surface area is 192 Å². The third-order valence-electron chi connectivity index (χ3n) is 1.09. The molecule has 0 radical (unpaired) electrons. The summed E-state index contributed by atoms with van der Waals surface area (Å²) in [5.41, 5.74) is 0. The molecule has 4 nitrogen and oxygen atoms in total. The van der Waals surface area contributed by atoms with Crippen LogP contribution in [0.2, 0.25) is 0 Å². The first-order valence-corrected chi connectivity index (χ1v) is 13.8. The van der Waals surface area contributed by atoms with Gasteiger partial charge in [-0.15, -0.1) is 0 Å². The van der Waals surface area contributed by atoms with Crippen LogP contribution < -0.4 is 0 Å². The van der Waals surface area contributed by atoms with Gasteiger partial charge < -0.3 is 0 Å². The zero-order valence-corrected chi connectivity index (χ0v) is 32.2. The topological polar surface area (TPSA) is 36.9 Å². The standard InChI is InChI=1S/4C3H7O.4Tl/c4*1-3(2)4;;;;/h4*3H,1-2H3;;;;/q4*-1;4*+1. The van der Waals surface area contributed by atoms with Crippen LogP contribution >= 0.6 is 0 Å². The molecule has 0 amide bonds. The Bertz CT molecular complexity index is 115. The summed E-state index contributed by atoms with van der Waals surface area (Å²) in [6.07, 6.45) is 1.83. The zero-order valence-electron chi connectivity index (χ0n) is 14.3. The molecule has 0 aliphatic heterocycles. The minimum atomic E-state index is 0.458. The Kier molecular flexibility index (Phi) is 42.9. The van der Waals surface area contributed by atoms with Crippen molar-refractivity contribution in [1.29, 1.82) is 0 Å². The molecule has 8 heteroatoms. The van der Waals surface area contributed by atoms with E-state index >= 15 is 0 Å². The van der Waals surface area contributed by atoms with E-state index in [9.17, 15) is 0 Å². The van der Waals surface area contributed by atoms with Crippen molar-refractivity contribution < 1.29 is 10.7 Å². The van der Waals surface area contributed by atoms with Gasteiger partial charge in [0.05, 0.1) is 0 Å². The molecular weight excluding hydrogens is 1030 g/mol. The maximum atomic E-state index is 4.92. The van der Waals surface area contributed by atoms with E-state index in [-0.39, 0.29) is 0 Å². The molecule has 0 aromatic heterocycles. The van der Waals surface area contributed by atoms with Gasteiger partial charge in [0.2, 0.25) is 0 Å². The second-order valence-corrected chi connectivity index (χ2v) is 8.97. The Balaban J connectivity index is -0.0000000853. The SMILES string of the molecule is CC(C)[O][Tl].CC(C)[O][Tl].CC(C)[O][Tl].CC(C)[O][Tl]. The fourth-order valence-electron chi connectivity index (χ4n) is 0. The van der Waals surface area contributed by atoms with Crippen LogP contribution in [0.25, 0.3) is 0 Å². The van der Waals surface area contributed by atoms with E-state index in [1.165, 1.54) is 0 Å². The van der Waals surface area contributed by atoms with Gasteiger partial charge in [-0.2, -0.15) is 0 Å². The van der Waals surface area contributed by atoms with E-state index in [4.69, 9.17) is 10.7 Å². The molecule has 0 rings (SSSR count). The van der Waals surface area contributed by atoms with Gasteiger partial charge in [0.25, 0.3) is 0 Å². The summed E-state index contributed by atoms with van der Waals surface area (Å²) in [5.74, 6) is 0. The molecule has 0 fully saturated rings. The molecule has 0 bridgehead atoms. The van der Waals surface area contributed by atoms with Crippen molar-refractivity contribution in [1.82, 2.24) is 0 Å². The van der Waals surface area contributed by atoms with Crippen LogP contribution in [0.1, 0.15) is 55.4 Å². The summed E-state index contributed by atoms with van der Waals surface area (Å²) >= 11 is 2.83. The van der Waals surface area contributed by atoms with Gasteiger partial charge in [0.1, 0.15) is 0 Å². The fourth-order valence-corrected chi connectivity index (χ4v) is 0. The molecule has 0 spiro atoms. The van der Waals surface area contributed by atoms with Crippen LogP contribution in [0.3, 0.4) is 0 Å². The van der Waals surface area contributed by atoms with Crippen molar-refractivity contribution in [3.63, 3.8) is 0 Å². The van der Waals surface area contributed by atoms with E-state index in [0.29, 0.717) is 129 Å². The summed E-state index contributed by atoms with van der Waals surface area (Å²) in [4.78, 5) is 0. The summed E-state index contributed by atoms with van der Waals surface area (Å²) in [6.45, 7) is 16.3. The van der Waals surface area contributed by atoms with Crippen LogP contribution in [0, 0.1) is 0 Å².